The van der Waals surface area contributed by atoms with Gasteiger partial charge in [0.1, 0.15) is 0 Å². The Morgan fingerprint density at radius 3 is 1.80 bits per heavy atom. The minimum atomic E-state index is -1.59. The van der Waals surface area contributed by atoms with Crippen molar-refractivity contribution in [2.24, 2.45) is 0 Å². The molecule has 0 saturated carbocycles. The fourth-order valence-electron chi connectivity index (χ4n) is 1.60. The average Bonchev–Trinajstić information content (AvgIpc) is 2.53. The van der Waals surface area contributed by atoms with E-state index in [0.717, 1.165) is 10.4 Å². The van der Waals surface area contributed by atoms with Gasteiger partial charge in [-0.3, -0.25) is 0 Å². The van der Waals surface area contributed by atoms with E-state index >= 15 is 0 Å². The highest BCUT2D eigenvalue weighted by atomic mass is 28.4. The molecule has 0 amide bonds. The van der Waals surface area contributed by atoms with E-state index < -0.39 is 18.6 Å². The Bertz CT molecular complexity index is 497. The van der Waals surface area contributed by atoms with E-state index in [0.29, 0.717) is 9.76 Å². The average molecular weight is 330 g/mol. The molecule has 20 heavy (non-hydrogen) atoms. The van der Waals surface area contributed by atoms with E-state index in [4.69, 9.17) is 12.3 Å². The van der Waals surface area contributed by atoms with Gasteiger partial charge in [-0.05, 0) is 16.9 Å². The van der Waals surface area contributed by atoms with Crippen molar-refractivity contribution in [1.29, 1.82) is 0 Å². The third-order valence-electron chi connectivity index (χ3n) is 2.49. The molecule has 2 aromatic carbocycles. The Hall–Kier alpha value is -0.812. The molecule has 2 rings (SSSR count). The first kappa shape index (κ1) is 15.6. The number of benzene rings is 2. The summed E-state index contributed by atoms with van der Waals surface area (Å²) in [6.45, 7) is 2.00. The van der Waals surface area contributed by atoms with E-state index in [9.17, 15) is 0 Å². The van der Waals surface area contributed by atoms with Crippen LogP contribution < -0.4 is 10.4 Å². The van der Waals surface area contributed by atoms with E-state index in [1.165, 1.54) is 0 Å². The van der Waals surface area contributed by atoms with Crippen LogP contribution in [0.1, 0.15) is 0 Å². The molecule has 0 spiro atoms. The van der Waals surface area contributed by atoms with Crippen LogP contribution in [0.25, 0.3) is 0 Å². The summed E-state index contributed by atoms with van der Waals surface area (Å²) in [5.74, 6) is 0. The van der Waals surface area contributed by atoms with Crippen LogP contribution in [0.15, 0.2) is 60.7 Å². The molecule has 0 saturated heterocycles. The Morgan fingerprint density at radius 1 is 0.850 bits per heavy atom. The predicted octanol–water partition coefficient (Wildman–Crippen LogP) is 0.578. The summed E-state index contributed by atoms with van der Waals surface area (Å²) in [4.78, 5) is 0. The van der Waals surface area contributed by atoms with Crippen LogP contribution in [-0.4, -0.2) is 38.8 Å². The molecule has 7 radical (unpaired) electrons. The molecule has 0 aliphatic carbocycles. The number of rotatable bonds is 7. The lowest BCUT2D eigenvalue weighted by atomic mass is 10.4. The van der Waals surface area contributed by atoms with Gasteiger partial charge in [-0.25, -0.2) is 0 Å². The van der Waals surface area contributed by atoms with Gasteiger partial charge >= 0.3 is 18.6 Å². The van der Waals surface area contributed by atoms with Gasteiger partial charge in [0.25, 0.3) is 0 Å². The molecule has 0 fully saturated rings. The van der Waals surface area contributed by atoms with Gasteiger partial charge in [-0.1, -0.05) is 60.7 Å². The van der Waals surface area contributed by atoms with E-state index in [1.807, 2.05) is 67.2 Å². The first-order chi connectivity index (χ1) is 9.85. The Labute approximate surface area is 129 Å². The highest BCUT2D eigenvalue weighted by Crippen LogP contribution is 1.98. The van der Waals surface area contributed by atoms with Crippen LogP contribution in [0.3, 0.4) is 0 Å². The first-order valence-corrected chi connectivity index (χ1v) is 10.5. The van der Waals surface area contributed by atoms with Crippen molar-refractivity contribution < 1.29 is 12.3 Å². The maximum absolute atomic E-state index is 6.13. The third-order valence-corrected chi connectivity index (χ3v) is 7.88. The largest absolute Gasteiger partial charge is 0.432 e. The molecule has 2 aromatic rings. The van der Waals surface area contributed by atoms with E-state index in [1.54, 1.807) is 0 Å². The van der Waals surface area contributed by atoms with Crippen molar-refractivity contribution in [2.75, 3.05) is 0 Å². The van der Waals surface area contributed by atoms with Crippen LogP contribution in [0, 0.1) is 0 Å². The van der Waals surface area contributed by atoms with Crippen LogP contribution in [0.2, 0.25) is 6.55 Å². The Kier molecular flexibility index (Phi) is 6.59. The minimum Gasteiger partial charge on any atom is -0.432 e. The summed E-state index contributed by atoms with van der Waals surface area (Å²) in [6.07, 6.45) is 0. The standard InChI is InChI=1S/C13H13O3Si4/c1-18-15-20(13-10-6-3-7-11-13)16-19(14-17)12-8-4-2-5-9-12/h2-11H,1H3. The normalized spacial score (nSPS) is 11.2. The molecule has 3 nitrogen and oxygen atoms in total. The molecule has 0 aromatic heterocycles. The molecule has 0 aliphatic rings. The zero-order valence-corrected chi connectivity index (χ0v) is 15.0. The van der Waals surface area contributed by atoms with Gasteiger partial charge in [0.2, 0.25) is 20.2 Å². The van der Waals surface area contributed by atoms with Crippen molar-refractivity contribution in [3.63, 3.8) is 0 Å². The summed E-state index contributed by atoms with van der Waals surface area (Å²) < 4.78 is 17.3. The molecule has 0 unspecified atom stereocenters. The fraction of sp³-hybridized carbons (Fsp3) is 0.0769. The maximum Gasteiger partial charge on any atom is 0.403 e. The summed E-state index contributed by atoms with van der Waals surface area (Å²) >= 11 is 0. The maximum atomic E-state index is 6.13. The van der Waals surface area contributed by atoms with Gasteiger partial charge in [-0.2, -0.15) is 0 Å². The van der Waals surface area contributed by atoms with Gasteiger partial charge < -0.3 is 12.3 Å². The molecular weight excluding hydrogens is 316 g/mol. The highest BCUT2D eigenvalue weighted by Gasteiger charge is 2.27. The van der Waals surface area contributed by atoms with Gasteiger partial charge in [-0.15, -0.1) is 0 Å². The molecule has 0 atom stereocenters. The predicted molar refractivity (Wildman–Crippen MR) is 84.3 cm³/mol. The van der Waals surface area contributed by atoms with Crippen LogP contribution in [0.4, 0.5) is 0 Å². The van der Waals surface area contributed by atoms with Crippen LogP contribution in [0.5, 0.6) is 0 Å². The molecular formula is C13H13O3Si4. The minimum absolute atomic E-state index is 0.387. The van der Waals surface area contributed by atoms with Gasteiger partial charge in [0.05, 0.1) is 0 Å². The summed E-state index contributed by atoms with van der Waals surface area (Å²) in [5, 5.41) is 2.14. The summed E-state index contributed by atoms with van der Waals surface area (Å²) in [5.41, 5.74) is 0. The quantitative estimate of drug-likeness (QED) is 0.696. The molecule has 0 aliphatic heterocycles. The van der Waals surface area contributed by atoms with Crippen molar-refractivity contribution in [1.82, 2.24) is 0 Å². The van der Waals surface area contributed by atoms with E-state index in [-0.39, 0.29) is 0 Å². The zero-order chi connectivity index (χ0) is 14.2. The fourth-order valence-corrected chi connectivity index (χ4v) is 6.92. The second kappa shape index (κ2) is 8.47. The van der Waals surface area contributed by atoms with Crippen molar-refractivity contribution in [3.05, 3.63) is 60.7 Å². The molecule has 0 heterocycles. The topological polar surface area (TPSA) is 27.7 Å². The highest BCUT2D eigenvalue weighted by molar-refractivity contribution is 6.77. The van der Waals surface area contributed by atoms with Crippen molar-refractivity contribution in [3.8, 4) is 0 Å². The lowest BCUT2D eigenvalue weighted by molar-refractivity contribution is 0.409. The monoisotopic (exact) mass is 329 g/mol. The Balaban J connectivity index is 2.14. The van der Waals surface area contributed by atoms with Crippen molar-refractivity contribution in [2.45, 2.75) is 6.55 Å². The second-order valence-corrected chi connectivity index (χ2v) is 8.98. The SMILES string of the molecule is C[Si]O[Si](O[Si](O[Si])c1ccccc1)c1ccccc1. The summed E-state index contributed by atoms with van der Waals surface area (Å²) in [6, 6.07) is 20.0. The van der Waals surface area contributed by atoms with Gasteiger partial charge in [0.15, 0.2) is 0 Å². The molecule has 0 N–H and O–H groups in total. The van der Waals surface area contributed by atoms with E-state index in [2.05, 4.69) is 10.5 Å². The molecule has 99 valence electrons. The van der Waals surface area contributed by atoms with Crippen LogP contribution >= 0.6 is 0 Å². The summed E-state index contributed by atoms with van der Waals surface area (Å²) in [7, 11) is 0.406. The van der Waals surface area contributed by atoms with Gasteiger partial charge in [0, 0.05) is 0 Å². The molecule has 0 bridgehead atoms. The number of hydrogen-bond acceptors (Lipinski definition) is 3. The molecule has 7 heteroatoms. The first-order valence-electron chi connectivity index (χ1n) is 6.05. The lowest BCUT2D eigenvalue weighted by Gasteiger charge is -2.20. The zero-order valence-electron chi connectivity index (χ0n) is 11.0. The Morgan fingerprint density at radius 2 is 1.35 bits per heavy atom. The van der Waals surface area contributed by atoms with Crippen LogP contribution in [-0.2, 0) is 12.3 Å². The number of hydrogen-bond donors (Lipinski definition) is 0. The smallest absolute Gasteiger partial charge is 0.403 e. The van der Waals surface area contributed by atoms with Crippen molar-refractivity contribution >= 4 is 49.2 Å². The third kappa shape index (κ3) is 4.35. The second-order valence-electron chi connectivity index (χ2n) is 3.82. The lowest BCUT2D eigenvalue weighted by Crippen LogP contribution is -2.48.